The Hall–Kier alpha value is -2.97. The van der Waals surface area contributed by atoms with Crippen LogP contribution in [0.4, 0.5) is 0 Å². The fourth-order valence-corrected chi connectivity index (χ4v) is 4.20. The van der Waals surface area contributed by atoms with E-state index in [4.69, 9.17) is 0 Å². The first-order chi connectivity index (χ1) is 14.0. The molecule has 0 aliphatic carbocycles. The number of aromatic nitrogens is 1. The second-order valence-corrected chi connectivity index (χ2v) is 7.36. The lowest BCUT2D eigenvalue weighted by molar-refractivity contribution is 0.0687. The highest BCUT2D eigenvalue weighted by atomic mass is 32.2. The van der Waals surface area contributed by atoms with Crippen LogP contribution >= 0.6 is 11.8 Å². The molecule has 1 aromatic heterocycles. The summed E-state index contributed by atoms with van der Waals surface area (Å²) in [5.74, 6) is -1.03. The van der Waals surface area contributed by atoms with Gasteiger partial charge < -0.3 is 9.67 Å². The molecule has 0 amide bonds. The van der Waals surface area contributed by atoms with Crippen LogP contribution in [0.5, 0.6) is 0 Å². The van der Waals surface area contributed by atoms with Gasteiger partial charge in [-0.1, -0.05) is 62.9 Å². The maximum Gasteiger partial charge on any atom is 0.353 e. The predicted octanol–water partition coefficient (Wildman–Crippen LogP) is 6.31. The lowest BCUT2D eigenvalue weighted by atomic mass is 10.0. The summed E-state index contributed by atoms with van der Waals surface area (Å²) in [5, 5.41) is 19.1. The van der Waals surface area contributed by atoms with Gasteiger partial charge in [0.2, 0.25) is 0 Å². The Morgan fingerprint density at radius 1 is 1.14 bits per heavy atom. The van der Waals surface area contributed by atoms with Gasteiger partial charge in [0.1, 0.15) is 11.8 Å². The van der Waals surface area contributed by atoms with Crippen molar-refractivity contribution in [2.45, 2.75) is 43.9 Å². The Morgan fingerprint density at radius 2 is 1.76 bits per heavy atom. The molecule has 0 bridgehead atoms. The zero-order valence-electron chi connectivity index (χ0n) is 17.5. The van der Waals surface area contributed by atoms with Crippen molar-refractivity contribution >= 4 is 17.7 Å². The lowest BCUT2D eigenvalue weighted by Crippen LogP contribution is -2.06. The summed E-state index contributed by atoms with van der Waals surface area (Å²) in [4.78, 5) is 14.0. The summed E-state index contributed by atoms with van der Waals surface area (Å²) >= 11 is 1.68. The molecular formula is C24H26N2O2S. The van der Waals surface area contributed by atoms with Gasteiger partial charge in [-0.25, -0.2) is 4.79 Å². The first-order valence-electron chi connectivity index (χ1n) is 9.66. The molecule has 0 aliphatic rings. The van der Waals surface area contributed by atoms with Crippen LogP contribution in [0, 0.1) is 18.3 Å². The molecule has 0 aliphatic heterocycles. The van der Waals surface area contributed by atoms with Crippen LogP contribution < -0.4 is 0 Å². The molecule has 2 aromatic carbocycles. The van der Waals surface area contributed by atoms with E-state index in [2.05, 4.69) is 25.1 Å². The summed E-state index contributed by atoms with van der Waals surface area (Å²) in [5.41, 5.74) is 3.72. The molecule has 0 saturated heterocycles. The Bertz CT molecular complexity index is 1040. The largest absolute Gasteiger partial charge is 0.477 e. The second-order valence-electron chi connectivity index (χ2n) is 6.25. The van der Waals surface area contributed by atoms with E-state index in [9.17, 15) is 15.2 Å². The van der Waals surface area contributed by atoms with Gasteiger partial charge in [-0.3, -0.25) is 0 Å². The number of nitriles is 1. The molecule has 5 heteroatoms. The summed E-state index contributed by atoms with van der Waals surface area (Å²) in [6.07, 6.45) is 0.970. The standard InChI is InChI=1S/C22H20N2O2S.C2H6/c1-4-15-7-5-6-8-19(15)27-17-11-9-16(10-12-17)20-18(13-23)14(2)24(3)21(20)22(25)26;1-2/h5-12H,4H2,1-3H3,(H,25,26);1-2H3. The number of aromatic carboxylic acids is 1. The van der Waals surface area contributed by atoms with Crippen molar-refractivity contribution in [2.75, 3.05) is 0 Å². The zero-order valence-corrected chi connectivity index (χ0v) is 18.3. The van der Waals surface area contributed by atoms with Gasteiger partial charge >= 0.3 is 5.97 Å². The normalized spacial score (nSPS) is 10.1. The summed E-state index contributed by atoms with van der Waals surface area (Å²) in [6, 6.07) is 18.2. The molecule has 0 spiro atoms. The molecule has 1 N–H and O–H groups in total. The van der Waals surface area contributed by atoms with Crippen molar-refractivity contribution in [1.82, 2.24) is 4.57 Å². The van der Waals surface area contributed by atoms with Gasteiger partial charge in [0.25, 0.3) is 0 Å². The van der Waals surface area contributed by atoms with E-state index in [-0.39, 0.29) is 5.69 Å². The second kappa shape index (κ2) is 9.99. The van der Waals surface area contributed by atoms with Crippen LogP contribution in [0.1, 0.15) is 48.1 Å². The van der Waals surface area contributed by atoms with Gasteiger partial charge in [0, 0.05) is 28.1 Å². The molecule has 0 atom stereocenters. The minimum Gasteiger partial charge on any atom is -0.477 e. The van der Waals surface area contributed by atoms with Gasteiger partial charge in [-0.2, -0.15) is 5.26 Å². The minimum absolute atomic E-state index is 0.140. The molecule has 0 fully saturated rings. The third-order valence-corrected chi connectivity index (χ3v) is 5.85. The smallest absolute Gasteiger partial charge is 0.353 e. The van der Waals surface area contributed by atoms with Crippen molar-refractivity contribution in [1.29, 1.82) is 5.26 Å². The van der Waals surface area contributed by atoms with Crippen LogP contribution in [-0.2, 0) is 13.5 Å². The van der Waals surface area contributed by atoms with E-state index in [1.54, 1.807) is 30.3 Å². The third-order valence-electron chi connectivity index (χ3n) is 4.73. The molecule has 1 heterocycles. The number of carboxylic acids is 1. The third kappa shape index (κ3) is 4.55. The molecule has 3 rings (SSSR count). The van der Waals surface area contributed by atoms with Crippen molar-refractivity contribution < 1.29 is 9.90 Å². The predicted molar refractivity (Wildman–Crippen MR) is 119 cm³/mol. The maximum absolute atomic E-state index is 11.7. The summed E-state index contributed by atoms with van der Waals surface area (Å²) in [7, 11) is 1.68. The van der Waals surface area contributed by atoms with E-state index < -0.39 is 5.97 Å². The van der Waals surface area contributed by atoms with Crippen LogP contribution in [0.3, 0.4) is 0 Å². The van der Waals surface area contributed by atoms with Crippen LogP contribution in [0.2, 0.25) is 0 Å². The number of hydrogen-bond donors (Lipinski definition) is 1. The Balaban J connectivity index is 0.00000145. The quantitative estimate of drug-likeness (QED) is 0.539. The number of aryl methyl sites for hydroxylation is 1. The molecule has 29 heavy (non-hydrogen) atoms. The van der Waals surface area contributed by atoms with Gasteiger partial charge in [0.05, 0.1) is 5.56 Å². The van der Waals surface area contributed by atoms with E-state index in [0.717, 1.165) is 16.9 Å². The number of carbonyl (C=O) groups is 1. The fourth-order valence-electron chi connectivity index (χ4n) is 3.18. The van der Waals surface area contributed by atoms with E-state index in [0.29, 0.717) is 16.8 Å². The molecular weight excluding hydrogens is 380 g/mol. The van der Waals surface area contributed by atoms with Crippen LogP contribution in [0.25, 0.3) is 11.1 Å². The van der Waals surface area contributed by atoms with Crippen molar-refractivity contribution in [3.63, 3.8) is 0 Å². The van der Waals surface area contributed by atoms with Gasteiger partial charge in [-0.05, 0) is 42.7 Å². The first-order valence-corrected chi connectivity index (χ1v) is 10.5. The Morgan fingerprint density at radius 3 is 2.31 bits per heavy atom. The highest BCUT2D eigenvalue weighted by molar-refractivity contribution is 7.99. The zero-order chi connectivity index (χ0) is 21.6. The van der Waals surface area contributed by atoms with Gasteiger partial charge in [0.15, 0.2) is 0 Å². The molecule has 0 unspecified atom stereocenters. The number of benzene rings is 2. The van der Waals surface area contributed by atoms with Gasteiger partial charge in [-0.15, -0.1) is 0 Å². The number of rotatable bonds is 5. The average Bonchev–Trinajstić information content (AvgIpc) is 3.01. The number of nitrogens with zero attached hydrogens (tertiary/aromatic N) is 2. The van der Waals surface area contributed by atoms with Crippen LogP contribution in [-0.4, -0.2) is 15.6 Å². The monoisotopic (exact) mass is 406 g/mol. The highest BCUT2D eigenvalue weighted by Crippen LogP contribution is 2.35. The van der Waals surface area contributed by atoms with E-state index >= 15 is 0 Å². The molecule has 150 valence electrons. The van der Waals surface area contributed by atoms with E-state index in [1.165, 1.54) is 10.5 Å². The Kier molecular flexibility index (Phi) is 7.69. The van der Waals surface area contributed by atoms with Crippen molar-refractivity contribution in [3.8, 4) is 17.2 Å². The number of hydrogen-bond acceptors (Lipinski definition) is 3. The first kappa shape index (κ1) is 22.3. The summed E-state index contributed by atoms with van der Waals surface area (Å²) < 4.78 is 1.57. The maximum atomic E-state index is 11.7. The molecule has 4 nitrogen and oxygen atoms in total. The fraction of sp³-hybridized carbons (Fsp3) is 0.250. The molecule has 0 saturated carbocycles. The summed E-state index contributed by atoms with van der Waals surface area (Å²) in [6.45, 7) is 7.90. The minimum atomic E-state index is -1.03. The average molecular weight is 407 g/mol. The highest BCUT2D eigenvalue weighted by Gasteiger charge is 2.24. The molecule has 0 radical (unpaired) electrons. The lowest BCUT2D eigenvalue weighted by Gasteiger charge is -2.08. The van der Waals surface area contributed by atoms with E-state index in [1.807, 2.05) is 50.2 Å². The Labute approximate surface area is 176 Å². The van der Waals surface area contributed by atoms with Crippen molar-refractivity contribution in [3.05, 3.63) is 71.0 Å². The SMILES string of the molecule is CC.CCc1ccccc1Sc1ccc(-c2c(C#N)c(C)n(C)c2C(=O)O)cc1. The van der Waals surface area contributed by atoms with Crippen molar-refractivity contribution in [2.24, 2.45) is 7.05 Å². The van der Waals surface area contributed by atoms with Crippen LogP contribution in [0.15, 0.2) is 58.3 Å². The topological polar surface area (TPSA) is 66.0 Å². The number of carboxylic acid groups (broad SMARTS) is 1. The molecule has 3 aromatic rings.